The van der Waals surface area contributed by atoms with E-state index in [0.717, 1.165) is 0 Å². The molecule has 0 radical (unpaired) electrons. The molecule has 0 aliphatic heterocycles. The van der Waals surface area contributed by atoms with Gasteiger partial charge in [0, 0.05) is 31.3 Å². The van der Waals surface area contributed by atoms with Crippen molar-refractivity contribution in [3.05, 3.63) is 18.2 Å². The quantitative estimate of drug-likeness (QED) is 0.0610. The lowest BCUT2D eigenvalue weighted by atomic mass is 10.1. The van der Waals surface area contributed by atoms with Gasteiger partial charge in [0.05, 0.1) is 12.4 Å². The highest BCUT2D eigenvalue weighted by molar-refractivity contribution is 5.93. The Labute approximate surface area is 200 Å². The molecule has 1 rings (SSSR count). The third-order valence-electron chi connectivity index (χ3n) is 4.60. The number of carboxylic acids is 2. The van der Waals surface area contributed by atoms with Crippen molar-refractivity contribution < 1.29 is 34.2 Å². The molecule has 12 N–H and O–H groups in total. The number of aliphatic imine (C=N–C) groups is 1. The lowest BCUT2D eigenvalue weighted by Gasteiger charge is -2.24. The molecule has 0 bridgehead atoms. The summed E-state index contributed by atoms with van der Waals surface area (Å²) in [7, 11) is 0. The van der Waals surface area contributed by atoms with Gasteiger partial charge in [0.2, 0.25) is 17.7 Å². The van der Waals surface area contributed by atoms with Crippen LogP contribution in [-0.4, -0.2) is 87.0 Å². The molecule has 16 nitrogen and oxygen atoms in total. The van der Waals surface area contributed by atoms with Crippen molar-refractivity contribution in [2.24, 2.45) is 22.2 Å². The molecule has 194 valence electrons. The molecule has 3 unspecified atom stereocenters. The summed E-state index contributed by atoms with van der Waals surface area (Å²) in [6, 6.07) is -3.54. The van der Waals surface area contributed by atoms with Gasteiger partial charge in [-0.3, -0.25) is 29.0 Å². The van der Waals surface area contributed by atoms with Gasteiger partial charge in [-0.15, -0.1) is 0 Å². The second-order valence-corrected chi connectivity index (χ2v) is 7.50. The van der Waals surface area contributed by atoms with Gasteiger partial charge in [-0.1, -0.05) is 0 Å². The maximum Gasteiger partial charge on any atom is 0.322 e. The van der Waals surface area contributed by atoms with Crippen molar-refractivity contribution in [1.29, 1.82) is 0 Å². The maximum absolute atomic E-state index is 12.9. The van der Waals surface area contributed by atoms with E-state index in [9.17, 15) is 24.0 Å². The molecule has 3 atom stereocenters. The number of nitrogens with two attached hydrogens (primary N) is 3. The number of imidazole rings is 1. The van der Waals surface area contributed by atoms with E-state index in [1.165, 1.54) is 12.5 Å². The minimum atomic E-state index is -1.35. The van der Waals surface area contributed by atoms with Crippen molar-refractivity contribution in [1.82, 2.24) is 25.9 Å². The van der Waals surface area contributed by atoms with Gasteiger partial charge in [0.15, 0.2) is 5.96 Å². The summed E-state index contributed by atoms with van der Waals surface area (Å²) in [6.45, 7) is -0.566. The van der Waals surface area contributed by atoms with E-state index in [0.29, 0.717) is 5.69 Å². The monoisotopic (exact) mass is 497 g/mol. The molecular formula is C19H31N9O7. The summed E-state index contributed by atoms with van der Waals surface area (Å²) in [6.07, 6.45) is 2.60. The van der Waals surface area contributed by atoms with E-state index in [1.54, 1.807) is 0 Å². The zero-order chi connectivity index (χ0) is 26.4. The number of hydrogen-bond donors (Lipinski definition) is 9. The number of guanidine groups is 1. The first-order valence-electron chi connectivity index (χ1n) is 10.6. The Bertz CT molecular complexity index is 900. The average molecular weight is 498 g/mol. The number of nitrogens with one attached hydrogen (secondary N) is 4. The lowest BCUT2D eigenvalue weighted by molar-refractivity contribution is -0.140. The number of aromatic nitrogens is 2. The fourth-order valence-corrected chi connectivity index (χ4v) is 2.87. The number of aliphatic carboxylic acids is 2. The molecule has 1 heterocycles. The number of rotatable bonds is 16. The number of hydrogen-bond acceptors (Lipinski definition) is 8. The Morgan fingerprint density at radius 2 is 1.66 bits per heavy atom. The first kappa shape index (κ1) is 28.8. The van der Waals surface area contributed by atoms with Gasteiger partial charge in [-0.05, 0) is 19.3 Å². The van der Waals surface area contributed by atoms with Crippen molar-refractivity contribution >= 4 is 35.6 Å². The summed E-state index contributed by atoms with van der Waals surface area (Å²) in [5.41, 5.74) is 17.1. The van der Waals surface area contributed by atoms with Crippen LogP contribution in [0.2, 0.25) is 0 Å². The first-order chi connectivity index (χ1) is 16.5. The smallest absolute Gasteiger partial charge is 0.322 e. The van der Waals surface area contributed by atoms with E-state index >= 15 is 0 Å². The number of amides is 3. The van der Waals surface area contributed by atoms with E-state index in [1.807, 2.05) is 0 Å². The SMILES string of the molecule is NC(N)=NCCCC(NC(=O)C(N)Cc1cnc[nH]1)C(=O)NC(CCC(=O)O)C(=O)NCC(=O)O. The highest BCUT2D eigenvalue weighted by atomic mass is 16.4. The topological polar surface area (TPSA) is 281 Å². The second kappa shape index (κ2) is 14.8. The predicted molar refractivity (Wildman–Crippen MR) is 122 cm³/mol. The Kier molecular flexibility index (Phi) is 12.2. The van der Waals surface area contributed by atoms with E-state index < -0.39 is 60.8 Å². The highest BCUT2D eigenvalue weighted by Crippen LogP contribution is 2.05. The zero-order valence-electron chi connectivity index (χ0n) is 18.9. The average Bonchev–Trinajstić information content (AvgIpc) is 3.29. The van der Waals surface area contributed by atoms with Crippen molar-refractivity contribution in [2.75, 3.05) is 13.1 Å². The van der Waals surface area contributed by atoms with E-state index in [2.05, 4.69) is 30.9 Å². The molecule has 35 heavy (non-hydrogen) atoms. The fourth-order valence-electron chi connectivity index (χ4n) is 2.87. The number of aromatic amines is 1. The molecule has 0 fully saturated rings. The maximum atomic E-state index is 12.9. The number of H-pyrrole nitrogens is 1. The fraction of sp³-hybridized carbons (Fsp3) is 0.526. The first-order valence-corrected chi connectivity index (χ1v) is 10.6. The number of carboxylic acid groups (broad SMARTS) is 2. The van der Waals surface area contributed by atoms with Gasteiger partial charge >= 0.3 is 11.9 Å². The summed E-state index contributed by atoms with van der Waals surface area (Å²) < 4.78 is 0. The lowest BCUT2D eigenvalue weighted by Crippen LogP contribution is -2.56. The molecule has 0 spiro atoms. The molecule has 1 aromatic rings. The van der Waals surface area contributed by atoms with Crippen LogP contribution in [0.3, 0.4) is 0 Å². The molecule has 0 saturated heterocycles. The van der Waals surface area contributed by atoms with Gasteiger partial charge in [0.25, 0.3) is 0 Å². The Hall–Kier alpha value is -4.21. The van der Waals surface area contributed by atoms with Gasteiger partial charge < -0.3 is 48.3 Å². The Morgan fingerprint density at radius 1 is 1.00 bits per heavy atom. The molecule has 1 aromatic heterocycles. The second-order valence-electron chi connectivity index (χ2n) is 7.50. The van der Waals surface area contributed by atoms with Crippen LogP contribution in [0, 0.1) is 0 Å². The molecule has 0 aromatic carbocycles. The van der Waals surface area contributed by atoms with Crippen LogP contribution in [-0.2, 0) is 30.4 Å². The molecule has 3 amide bonds. The normalized spacial score (nSPS) is 13.1. The van der Waals surface area contributed by atoms with Crippen LogP contribution in [0.15, 0.2) is 17.5 Å². The van der Waals surface area contributed by atoms with Gasteiger partial charge in [0.1, 0.15) is 18.6 Å². The largest absolute Gasteiger partial charge is 0.481 e. The molecule has 0 aliphatic rings. The van der Waals surface area contributed by atoms with E-state index in [4.69, 9.17) is 27.4 Å². The highest BCUT2D eigenvalue weighted by Gasteiger charge is 2.28. The van der Waals surface area contributed by atoms with Gasteiger partial charge in [-0.2, -0.15) is 0 Å². The molecule has 16 heteroatoms. The standard InChI is InChI=1S/C19H31N9O7/c20-11(6-10-7-23-9-26-10)16(33)27-12(2-1-5-24-19(21)22)18(35)28-13(3-4-14(29)30)17(34)25-8-15(31)32/h7,9,11-13H,1-6,8,20H2,(H,23,26)(H,25,34)(H,27,33)(H,28,35)(H,29,30)(H,31,32)(H4,21,22,24). The molecule has 0 aliphatic carbocycles. The molecule has 0 saturated carbocycles. The van der Waals surface area contributed by atoms with Crippen LogP contribution >= 0.6 is 0 Å². The predicted octanol–water partition coefficient (Wildman–Crippen LogP) is -3.63. The van der Waals surface area contributed by atoms with E-state index in [-0.39, 0.29) is 38.2 Å². The number of carbonyl (C=O) groups is 5. The van der Waals surface area contributed by atoms with Crippen LogP contribution in [0.5, 0.6) is 0 Å². The van der Waals surface area contributed by atoms with Crippen LogP contribution in [0.25, 0.3) is 0 Å². The summed E-state index contributed by atoms with van der Waals surface area (Å²) in [5.74, 6) is -5.03. The van der Waals surface area contributed by atoms with Crippen molar-refractivity contribution in [3.63, 3.8) is 0 Å². The van der Waals surface area contributed by atoms with Crippen LogP contribution in [0.1, 0.15) is 31.4 Å². The summed E-state index contributed by atoms with van der Waals surface area (Å²) >= 11 is 0. The van der Waals surface area contributed by atoms with Gasteiger partial charge in [-0.25, -0.2) is 4.98 Å². The minimum absolute atomic E-state index is 0.0630. The number of nitrogens with zero attached hydrogens (tertiary/aromatic N) is 2. The Morgan fingerprint density at radius 3 is 2.23 bits per heavy atom. The molecular weight excluding hydrogens is 466 g/mol. The van der Waals surface area contributed by atoms with Crippen molar-refractivity contribution in [3.8, 4) is 0 Å². The number of carbonyl (C=O) groups excluding carboxylic acids is 3. The summed E-state index contributed by atoms with van der Waals surface area (Å²) in [4.78, 5) is 70.0. The van der Waals surface area contributed by atoms with Crippen LogP contribution < -0.4 is 33.2 Å². The zero-order valence-corrected chi connectivity index (χ0v) is 18.9. The van der Waals surface area contributed by atoms with Crippen molar-refractivity contribution in [2.45, 2.75) is 50.2 Å². The minimum Gasteiger partial charge on any atom is -0.481 e. The van der Waals surface area contributed by atoms with Crippen LogP contribution in [0.4, 0.5) is 0 Å². The Balaban J connectivity index is 2.92. The third kappa shape index (κ3) is 12.0. The third-order valence-corrected chi connectivity index (χ3v) is 4.60. The summed E-state index contributed by atoms with van der Waals surface area (Å²) in [5, 5.41) is 24.6.